The minimum absolute atomic E-state index is 0.144. The van der Waals surface area contributed by atoms with Crippen LogP contribution in [0.2, 0.25) is 0 Å². The van der Waals surface area contributed by atoms with Crippen LogP contribution in [0.1, 0.15) is 41.7 Å². The topological polar surface area (TPSA) is 3.24 Å². The van der Waals surface area contributed by atoms with Gasteiger partial charge in [-0.15, -0.1) is 17.7 Å². The molecule has 1 aliphatic carbocycles. The molecule has 0 saturated heterocycles. The number of hydrogen-bond donors (Lipinski definition) is 0. The van der Waals surface area contributed by atoms with Crippen LogP contribution in [0.5, 0.6) is 0 Å². The highest BCUT2D eigenvalue weighted by molar-refractivity contribution is 5.82. The van der Waals surface area contributed by atoms with Gasteiger partial charge in [-0.1, -0.05) is 74.2 Å². The van der Waals surface area contributed by atoms with E-state index in [0.717, 1.165) is 33.8 Å². The van der Waals surface area contributed by atoms with E-state index in [2.05, 4.69) is 140 Å². The fraction of sp³-hybridized carbons (Fsp3) is 0.0811. The standard InChI is InChI=1S/C37H26N/c1-4-27-19-23-33-34-24-20-29(26-36(34)37(2,3)35(33)25-27)16-15-28-17-21-32(22-18-28)38(30-11-7-5-8-12-30)31-13-9-6-10-14-31/h5-14,17-26H,2-3H3/q-1. The lowest BCUT2D eigenvalue weighted by atomic mass is 9.81. The summed E-state index contributed by atoms with van der Waals surface area (Å²) in [5, 5.41) is 0. The smallest absolute Gasteiger partial charge is 0.0462 e. The predicted octanol–water partition coefficient (Wildman–Crippen LogP) is 8.80. The maximum absolute atomic E-state index is 7.52. The molecule has 1 heteroatoms. The van der Waals surface area contributed by atoms with E-state index in [4.69, 9.17) is 6.42 Å². The molecule has 0 N–H and O–H groups in total. The largest absolute Gasteiger partial charge is 0.366 e. The number of rotatable bonds is 3. The van der Waals surface area contributed by atoms with Gasteiger partial charge in [-0.25, -0.2) is 0 Å². The normalized spacial score (nSPS) is 12.4. The van der Waals surface area contributed by atoms with E-state index in [1.807, 2.05) is 18.2 Å². The second-order valence-corrected chi connectivity index (χ2v) is 10.1. The van der Waals surface area contributed by atoms with Crippen molar-refractivity contribution < 1.29 is 0 Å². The monoisotopic (exact) mass is 484 g/mol. The third-order valence-electron chi connectivity index (χ3n) is 7.33. The molecule has 0 radical (unpaired) electrons. The molecule has 0 heterocycles. The molecule has 0 aliphatic heterocycles. The summed E-state index contributed by atoms with van der Waals surface area (Å²) in [7, 11) is 0. The van der Waals surface area contributed by atoms with Crippen molar-refractivity contribution in [3.63, 3.8) is 0 Å². The van der Waals surface area contributed by atoms with E-state index in [0.29, 0.717) is 0 Å². The van der Waals surface area contributed by atoms with Crippen LogP contribution in [0.4, 0.5) is 17.1 Å². The molecule has 0 fully saturated rings. The van der Waals surface area contributed by atoms with Gasteiger partial charge in [0, 0.05) is 33.6 Å². The zero-order valence-corrected chi connectivity index (χ0v) is 21.5. The Hall–Kier alpha value is -4.98. The van der Waals surface area contributed by atoms with Gasteiger partial charge in [-0.2, -0.15) is 0 Å². The van der Waals surface area contributed by atoms with Crippen molar-refractivity contribution in [2.75, 3.05) is 4.90 Å². The summed E-state index contributed by atoms with van der Waals surface area (Å²) < 4.78 is 0. The number of hydrogen-bond acceptors (Lipinski definition) is 1. The van der Waals surface area contributed by atoms with E-state index in [-0.39, 0.29) is 5.41 Å². The molecular formula is C37H26N-. The molecule has 0 saturated carbocycles. The highest BCUT2D eigenvalue weighted by Gasteiger charge is 2.34. The molecule has 0 bridgehead atoms. The number of para-hydroxylation sites is 2. The van der Waals surface area contributed by atoms with Crippen molar-refractivity contribution in [2.24, 2.45) is 0 Å². The molecule has 6 rings (SSSR count). The third kappa shape index (κ3) is 4.16. The maximum Gasteiger partial charge on any atom is 0.0462 e. The number of nitrogens with zero attached hydrogens (tertiary/aromatic N) is 1. The molecular weight excluding hydrogens is 458 g/mol. The summed E-state index contributed by atoms with van der Waals surface area (Å²) in [5.74, 6) is 9.27. The highest BCUT2D eigenvalue weighted by Crippen LogP contribution is 2.49. The number of benzene rings is 5. The van der Waals surface area contributed by atoms with Gasteiger partial charge in [0.05, 0.1) is 0 Å². The summed E-state index contributed by atoms with van der Waals surface area (Å²) in [6.45, 7) is 4.49. The molecule has 1 aliphatic rings. The minimum Gasteiger partial charge on any atom is -0.366 e. The Morgan fingerprint density at radius 3 is 1.53 bits per heavy atom. The first-order valence-corrected chi connectivity index (χ1v) is 12.8. The summed E-state index contributed by atoms with van der Waals surface area (Å²) in [6.07, 6.45) is 7.52. The zero-order valence-electron chi connectivity index (χ0n) is 21.5. The number of anilines is 3. The van der Waals surface area contributed by atoms with Crippen LogP contribution in [-0.2, 0) is 5.41 Å². The van der Waals surface area contributed by atoms with Gasteiger partial charge in [0.1, 0.15) is 0 Å². The summed E-state index contributed by atoms with van der Waals surface area (Å²) >= 11 is 0. The van der Waals surface area contributed by atoms with E-state index in [1.54, 1.807) is 0 Å². The van der Waals surface area contributed by atoms with Crippen LogP contribution in [-0.4, -0.2) is 0 Å². The minimum atomic E-state index is -0.144. The van der Waals surface area contributed by atoms with Gasteiger partial charge in [0.15, 0.2) is 0 Å². The van der Waals surface area contributed by atoms with Crippen LogP contribution in [0, 0.1) is 24.2 Å². The quantitative estimate of drug-likeness (QED) is 0.183. The van der Waals surface area contributed by atoms with E-state index in [9.17, 15) is 0 Å². The lowest BCUT2D eigenvalue weighted by Gasteiger charge is -2.25. The first-order chi connectivity index (χ1) is 18.5. The summed E-state index contributed by atoms with van der Waals surface area (Å²) in [4.78, 5) is 2.25. The Morgan fingerprint density at radius 1 is 0.526 bits per heavy atom. The van der Waals surface area contributed by atoms with E-state index in [1.165, 1.54) is 22.3 Å². The second kappa shape index (κ2) is 9.48. The summed E-state index contributed by atoms with van der Waals surface area (Å²) in [5.41, 5.74) is 11.0. The Bertz CT molecular complexity index is 1690. The van der Waals surface area contributed by atoms with Crippen molar-refractivity contribution >= 4 is 17.1 Å². The molecule has 5 aromatic carbocycles. The molecule has 1 nitrogen and oxygen atoms in total. The molecule has 0 spiro atoms. The molecule has 0 unspecified atom stereocenters. The van der Waals surface area contributed by atoms with Crippen molar-refractivity contribution in [3.05, 3.63) is 156 Å². The Morgan fingerprint density at radius 2 is 0.974 bits per heavy atom. The van der Waals surface area contributed by atoms with Gasteiger partial charge < -0.3 is 11.3 Å². The molecule has 0 amide bonds. The van der Waals surface area contributed by atoms with Gasteiger partial charge in [-0.3, -0.25) is 5.92 Å². The lowest BCUT2D eigenvalue weighted by Crippen LogP contribution is -2.15. The van der Waals surface area contributed by atoms with Gasteiger partial charge in [-0.05, 0) is 82.9 Å². The fourth-order valence-corrected chi connectivity index (χ4v) is 5.33. The van der Waals surface area contributed by atoms with Crippen molar-refractivity contribution in [3.8, 4) is 28.9 Å². The number of fused-ring (bicyclic) bond motifs is 3. The molecule has 180 valence electrons. The van der Waals surface area contributed by atoms with E-state index >= 15 is 0 Å². The van der Waals surface area contributed by atoms with Gasteiger partial charge in [0.25, 0.3) is 0 Å². The van der Waals surface area contributed by atoms with Crippen LogP contribution < -0.4 is 4.90 Å². The lowest BCUT2D eigenvalue weighted by molar-refractivity contribution is 0.660. The third-order valence-corrected chi connectivity index (χ3v) is 7.33. The van der Waals surface area contributed by atoms with Crippen molar-refractivity contribution in [2.45, 2.75) is 19.3 Å². The second-order valence-electron chi connectivity index (χ2n) is 10.1. The van der Waals surface area contributed by atoms with Crippen LogP contribution in [0.15, 0.2) is 121 Å². The molecule has 0 aromatic heterocycles. The van der Waals surface area contributed by atoms with Gasteiger partial charge in [0.2, 0.25) is 0 Å². The highest BCUT2D eigenvalue weighted by atomic mass is 15.1. The van der Waals surface area contributed by atoms with Crippen LogP contribution in [0.25, 0.3) is 11.1 Å². The fourth-order valence-electron chi connectivity index (χ4n) is 5.33. The first-order valence-electron chi connectivity index (χ1n) is 12.8. The molecule has 38 heavy (non-hydrogen) atoms. The van der Waals surface area contributed by atoms with Crippen molar-refractivity contribution in [1.82, 2.24) is 0 Å². The van der Waals surface area contributed by atoms with Crippen LogP contribution >= 0.6 is 0 Å². The Kier molecular flexibility index (Phi) is 5.84. The van der Waals surface area contributed by atoms with Gasteiger partial charge >= 0.3 is 0 Å². The summed E-state index contributed by atoms with van der Waals surface area (Å²) in [6, 6.07) is 41.9. The Labute approximate surface area is 225 Å². The van der Waals surface area contributed by atoms with E-state index < -0.39 is 0 Å². The first kappa shape index (κ1) is 23.4. The Balaban J connectivity index is 1.30. The average molecular weight is 485 g/mol. The SMILES string of the molecule is [C-]#Cc1ccc2c(c1)C(C)(C)c1cc(C#Cc3ccc(N(c4ccccc4)c4ccccc4)cc3)ccc1-2. The van der Waals surface area contributed by atoms with Crippen LogP contribution in [0.3, 0.4) is 0 Å². The molecule has 0 atom stereocenters. The van der Waals surface area contributed by atoms with Crippen molar-refractivity contribution in [1.29, 1.82) is 0 Å². The molecule has 5 aromatic rings. The maximum atomic E-state index is 7.52. The average Bonchev–Trinajstić information content (AvgIpc) is 3.19. The predicted molar refractivity (Wildman–Crippen MR) is 157 cm³/mol. The zero-order chi connectivity index (χ0) is 26.1.